The summed E-state index contributed by atoms with van der Waals surface area (Å²) in [6, 6.07) is 12.5. The third kappa shape index (κ3) is 2.22. The lowest BCUT2D eigenvalue weighted by Gasteiger charge is -2.31. The van der Waals surface area contributed by atoms with E-state index in [1.165, 1.54) is 28.5 Å². The summed E-state index contributed by atoms with van der Waals surface area (Å²) in [6.45, 7) is 5.11. The van der Waals surface area contributed by atoms with Crippen LogP contribution in [0.3, 0.4) is 0 Å². The molecule has 122 valence electrons. The first-order valence-corrected chi connectivity index (χ1v) is 8.43. The van der Waals surface area contributed by atoms with Gasteiger partial charge in [0.2, 0.25) is 0 Å². The molecular weight excluding hydrogens is 298 g/mol. The minimum atomic E-state index is -0.103. The molecule has 2 heterocycles. The smallest absolute Gasteiger partial charge is 0.257 e. The fourth-order valence-corrected chi connectivity index (χ4v) is 3.78. The molecule has 4 heteroatoms. The molecule has 0 aromatic heterocycles. The summed E-state index contributed by atoms with van der Waals surface area (Å²) in [5, 5.41) is 3.04. The highest BCUT2D eigenvalue weighted by Gasteiger charge is 2.31. The number of carbonyl (C=O) groups is 1. The zero-order valence-corrected chi connectivity index (χ0v) is 13.8. The maximum absolute atomic E-state index is 12.3. The predicted molar refractivity (Wildman–Crippen MR) is 97.3 cm³/mol. The number of nitrogens with one attached hydrogen (secondary N) is 1. The van der Waals surface area contributed by atoms with Gasteiger partial charge in [-0.1, -0.05) is 37.3 Å². The summed E-state index contributed by atoms with van der Waals surface area (Å²) in [5.41, 5.74) is 13.2. The van der Waals surface area contributed by atoms with Gasteiger partial charge >= 0.3 is 0 Å². The van der Waals surface area contributed by atoms with Gasteiger partial charge in [0.1, 0.15) is 0 Å². The van der Waals surface area contributed by atoms with E-state index in [4.69, 9.17) is 5.73 Å². The Morgan fingerprint density at radius 3 is 2.71 bits per heavy atom. The number of benzene rings is 2. The van der Waals surface area contributed by atoms with Crippen molar-refractivity contribution in [1.82, 2.24) is 4.90 Å². The van der Waals surface area contributed by atoms with Gasteiger partial charge in [0.25, 0.3) is 5.91 Å². The summed E-state index contributed by atoms with van der Waals surface area (Å²) in [6.07, 6.45) is 2.42. The topological polar surface area (TPSA) is 58.4 Å². The third-order valence-corrected chi connectivity index (χ3v) is 5.08. The van der Waals surface area contributed by atoms with Crippen molar-refractivity contribution in [3.63, 3.8) is 0 Å². The van der Waals surface area contributed by atoms with Crippen molar-refractivity contribution in [3.05, 3.63) is 59.3 Å². The number of rotatable bonds is 2. The molecule has 2 aromatic carbocycles. The first-order valence-electron chi connectivity index (χ1n) is 8.43. The molecule has 2 aliphatic rings. The van der Waals surface area contributed by atoms with E-state index < -0.39 is 0 Å². The summed E-state index contributed by atoms with van der Waals surface area (Å²) in [7, 11) is 0. The number of carbonyl (C=O) groups excluding carboxylic acids is 1. The Bertz CT molecular complexity index is 840. The summed E-state index contributed by atoms with van der Waals surface area (Å²) in [5.74, 6) is -0.103. The van der Waals surface area contributed by atoms with Crippen molar-refractivity contribution < 1.29 is 4.79 Å². The van der Waals surface area contributed by atoms with E-state index in [-0.39, 0.29) is 5.91 Å². The van der Waals surface area contributed by atoms with Crippen molar-refractivity contribution in [2.75, 3.05) is 18.4 Å². The molecule has 0 atom stereocenters. The Labute approximate surface area is 142 Å². The molecule has 0 unspecified atom stereocenters. The minimum Gasteiger partial charge on any atom is -0.404 e. The Kier molecular flexibility index (Phi) is 3.62. The van der Waals surface area contributed by atoms with Crippen LogP contribution in [0.1, 0.15) is 23.6 Å². The van der Waals surface area contributed by atoms with Gasteiger partial charge in [-0.2, -0.15) is 0 Å². The molecule has 24 heavy (non-hydrogen) atoms. The highest BCUT2D eigenvalue weighted by Crippen LogP contribution is 2.43. The zero-order chi connectivity index (χ0) is 16.7. The molecule has 4 nitrogen and oxygen atoms in total. The Balaban J connectivity index is 1.97. The number of hydrogen-bond acceptors (Lipinski definition) is 3. The largest absolute Gasteiger partial charge is 0.404 e. The number of amides is 1. The highest BCUT2D eigenvalue weighted by atomic mass is 16.2. The van der Waals surface area contributed by atoms with Crippen LogP contribution >= 0.6 is 0 Å². The maximum Gasteiger partial charge on any atom is 0.257 e. The predicted octanol–water partition coefficient (Wildman–Crippen LogP) is 2.98. The number of anilines is 1. The van der Waals surface area contributed by atoms with Gasteiger partial charge in [-0.15, -0.1) is 0 Å². The minimum absolute atomic E-state index is 0.103. The van der Waals surface area contributed by atoms with Gasteiger partial charge in [-0.05, 0) is 41.3 Å². The van der Waals surface area contributed by atoms with Crippen LogP contribution in [-0.2, 0) is 17.8 Å². The normalized spacial score (nSPS) is 18.4. The monoisotopic (exact) mass is 319 g/mol. The number of hydrogen-bond donors (Lipinski definition) is 2. The Morgan fingerprint density at radius 1 is 1.21 bits per heavy atom. The SMILES string of the molecule is CCN1CCc2c(-c3ccccc3)cc3c(c2C1)NC(=O)/C3=C\N. The second kappa shape index (κ2) is 5.80. The van der Waals surface area contributed by atoms with Crippen LogP contribution in [0, 0.1) is 0 Å². The van der Waals surface area contributed by atoms with Crippen molar-refractivity contribution >= 4 is 17.2 Å². The van der Waals surface area contributed by atoms with Crippen LogP contribution in [0.15, 0.2) is 42.6 Å². The highest BCUT2D eigenvalue weighted by molar-refractivity contribution is 6.32. The van der Waals surface area contributed by atoms with Gasteiger partial charge in [-0.25, -0.2) is 0 Å². The molecule has 2 aliphatic heterocycles. The molecule has 0 spiro atoms. The summed E-state index contributed by atoms with van der Waals surface area (Å²) in [4.78, 5) is 14.7. The van der Waals surface area contributed by atoms with Gasteiger partial charge < -0.3 is 11.1 Å². The standard InChI is InChI=1S/C20H21N3O/c1-2-23-9-8-14-15(13-6-4-3-5-7-13)10-16-17(11-21)20(24)22-19(16)18(14)12-23/h3-7,10-11H,2,8-9,12,21H2,1H3,(H,22,24)/b17-11-. The number of fused-ring (bicyclic) bond motifs is 3. The molecular formula is C20H21N3O. The van der Waals surface area contributed by atoms with Crippen LogP contribution in [0.4, 0.5) is 5.69 Å². The summed E-state index contributed by atoms with van der Waals surface area (Å²) >= 11 is 0. The van der Waals surface area contributed by atoms with Gasteiger partial charge in [0.15, 0.2) is 0 Å². The molecule has 0 fully saturated rings. The second-order valence-electron chi connectivity index (χ2n) is 6.32. The Hall–Kier alpha value is -2.59. The van der Waals surface area contributed by atoms with Crippen LogP contribution in [0.25, 0.3) is 16.7 Å². The molecule has 2 aromatic rings. The van der Waals surface area contributed by atoms with E-state index in [1.807, 2.05) is 6.07 Å². The average molecular weight is 319 g/mol. The van der Waals surface area contributed by atoms with E-state index in [0.29, 0.717) is 5.57 Å². The lowest BCUT2D eigenvalue weighted by molar-refractivity contribution is -0.110. The van der Waals surface area contributed by atoms with Crippen LogP contribution in [-0.4, -0.2) is 23.9 Å². The number of nitrogens with two attached hydrogens (primary N) is 1. The van der Waals surface area contributed by atoms with Crippen LogP contribution < -0.4 is 11.1 Å². The van der Waals surface area contributed by atoms with Crippen LogP contribution in [0.2, 0.25) is 0 Å². The molecule has 0 saturated carbocycles. The fraction of sp³-hybridized carbons (Fsp3) is 0.250. The first-order chi connectivity index (χ1) is 11.7. The third-order valence-electron chi connectivity index (χ3n) is 5.08. The lowest BCUT2D eigenvalue weighted by Crippen LogP contribution is -2.31. The van der Waals surface area contributed by atoms with Gasteiger partial charge in [0.05, 0.1) is 11.3 Å². The maximum atomic E-state index is 12.3. The second-order valence-corrected chi connectivity index (χ2v) is 6.32. The number of nitrogens with zero attached hydrogens (tertiary/aromatic N) is 1. The van der Waals surface area contributed by atoms with Crippen molar-refractivity contribution in [1.29, 1.82) is 0 Å². The molecule has 3 N–H and O–H groups in total. The molecule has 0 radical (unpaired) electrons. The Morgan fingerprint density at radius 2 is 2.00 bits per heavy atom. The number of likely N-dealkylation sites (N-methyl/N-ethyl adjacent to an activating group) is 1. The summed E-state index contributed by atoms with van der Waals surface area (Å²) < 4.78 is 0. The van der Waals surface area contributed by atoms with E-state index in [1.54, 1.807) is 0 Å². The zero-order valence-electron chi connectivity index (χ0n) is 13.8. The van der Waals surface area contributed by atoms with E-state index in [0.717, 1.165) is 37.3 Å². The van der Waals surface area contributed by atoms with E-state index in [2.05, 4.69) is 47.5 Å². The molecule has 0 saturated heterocycles. The van der Waals surface area contributed by atoms with Gasteiger partial charge in [-0.3, -0.25) is 9.69 Å². The average Bonchev–Trinajstić information content (AvgIpc) is 2.96. The van der Waals surface area contributed by atoms with E-state index in [9.17, 15) is 4.79 Å². The van der Waals surface area contributed by atoms with Crippen molar-refractivity contribution in [2.45, 2.75) is 19.9 Å². The fourth-order valence-electron chi connectivity index (χ4n) is 3.78. The molecule has 4 rings (SSSR count). The lowest BCUT2D eigenvalue weighted by atomic mass is 9.86. The molecule has 0 aliphatic carbocycles. The van der Waals surface area contributed by atoms with Crippen molar-refractivity contribution in [3.8, 4) is 11.1 Å². The van der Waals surface area contributed by atoms with Crippen molar-refractivity contribution in [2.24, 2.45) is 5.73 Å². The molecule has 0 bridgehead atoms. The van der Waals surface area contributed by atoms with E-state index >= 15 is 0 Å². The van der Waals surface area contributed by atoms with Crippen LogP contribution in [0.5, 0.6) is 0 Å². The van der Waals surface area contributed by atoms with Gasteiger partial charge in [0, 0.05) is 24.9 Å². The quantitative estimate of drug-likeness (QED) is 0.837. The first kappa shape index (κ1) is 15.0. The molecule has 1 amide bonds.